The van der Waals surface area contributed by atoms with Crippen LogP contribution in [0.2, 0.25) is 0 Å². The summed E-state index contributed by atoms with van der Waals surface area (Å²) in [7, 11) is 1.50. The molecule has 0 saturated heterocycles. The van der Waals surface area contributed by atoms with Crippen molar-refractivity contribution >= 4 is 29.0 Å². The van der Waals surface area contributed by atoms with Gasteiger partial charge >= 0.3 is 0 Å². The third-order valence-electron chi connectivity index (χ3n) is 2.56. The molecule has 1 amide bonds. The van der Waals surface area contributed by atoms with Crippen LogP contribution in [0.4, 0.5) is 5.69 Å². The van der Waals surface area contributed by atoms with E-state index in [1.165, 1.54) is 7.11 Å². The molecule has 0 radical (unpaired) electrons. The minimum atomic E-state index is -1.22. The van der Waals surface area contributed by atoms with Gasteiger partial charge in [-0.1, -0.05) is 32.9 Å². The molecule has 1 aromatic rings. The highest BCUT2D eigenvalue weighted by Gasteiger charge is 2.33. The van der Waals surface area contributed by atoms with E-state index in [4.69, 9.17) is 16.3 Å². The lowest BCUT2D eigenvalue weighted by atomic mass is 9.88. The lowest BCUT2D eigenvalue weighted by Gasteiger charge is -2.20. The van der Waals surface area contributed by atoms with Crippen LogP contribution < -0.4 is 10.1 Å². The summed E-state index contributed by atoms with van der Waals surface area (Å²) in [6, 6.07) is 6.94. The Labute approximate surface area is 118 Å². The molecule has 0 aromatic heterocycles. The molecule has 104 valence electrons. The van der Waals surface area contributed by atoms with Gasteiger partial charge in [-0.15, -0.1) is 11.6 Å². The molecule has 0 bridgehead atoms. The average molecular weight is 284 g/mol. The van der Waals surface area contributed by atoms with Crippen LogP contribution in [0.15, 0.2) is 24.3 Å². The second kappa shape index (κ2) is 6.06. The highest BCUT2D eigenvalue weighted by atomic mass is 35.5. The van der Waals surface area contributed by atoms with Crippen molar-refractivity contribution in [3.05, 3.63) is 24.3 Å². The lowest BCUT2D eigenvalue weighted by molar-refractivity contribution is -0.130. The Bertz CT molecular complexity index is 480. The number of anilines is 1. The summed E-state index contributed by atoms with van der Waals surface area (Å²) < 4.78 is 5.11. The first-order valence-electron chi connectivity index (χ1n) is 5.89. The molecular weight excluding hydrogens is 266 g/mol. The number of amides is 1. The zero-order chi connectivity index (χ0) is 14.6. The predicted octanol–water partition coefficient (Wildman–Crippen LogP) is 2.86. The minimum Gasteiger partial charge on any atom is -0.495 e. The van der Waals surface area contributed by atoms with Crippen LogP contribution in [-0.2, 0) is 9.59 Å². The number of rotatable bonds is 4. The monoisotopic (exact) mass is 283 g/mol. The van der Waals surface area contributed by atoms with E-state index in [0.717, 1.165) is 0 Å². The number of Topliss-reactive ketones (excluding diaryl/α,β-unsaturated/α-hetero) is 1. The van der Waals surface area contributed by atoms with Crippen molar-refractivity contribution in [3.8, 4) is 5.75 Å². The van der Waals surface area contributed by atoms with Gasteiger partial charge in [0.15, 0.2) is 11.2 Å². The summed E-state index contributed by atoms with van der Waals surface area (Å²) in [4.78, 5) is 23.9. The zero-order valence-electron chi connectivity index (χ0n) is 11.5. The molecule has 0 aliphatic heterocycles. The van der Waals surface area contributed by atoms with E-state index in [9.17, 15) is 9.59 Å². The highest BCUT2D eigenvalue weighted by Crippen LogP contribution is 2.25. The van der Waals surface area contributed by atoms with Crippen LogP contribution in [0, 0.1) is 5.41 Å². The van der Waals surface area contributed by atoms with Gasteiger partial charge in [0.05, 0.1) is 12.8 Å². The molecule has 0 spiro atoms. The zero-order valence-corrected chi connectivity index (χ0v) is 12.2. The van der Waals surface area contributed by atoms with Crippen molar-refractivity contribution in [1.29, 1.82) is 0 Å². The van der Waals surface area contributed by atoms with Crippen LogP contribution >= 0.6 is 11.6 Å². The fraction of sp³-hybridized carbons (Fsp3) is 0.429. The van der Waals surface area contributed by atoms with Gasteiger partial charge in [-0.25, -0.2) is 0 Å². The molecule has 19 heavy (non-hydrogen) atoms. The Morgan fingerprint density at radius 2 is 1.84 bits per heavy atom. The quantitative estimate of drug-likeness (QED) is 0.683. The third-order valence-corrected chi connectivity index (χ3v) is 2.96. The molecule has 1 aromatic carbocycles. The Hall–Kier alpha value is -1.55. The van der Waals surface area contributed by atoms with Gasteiger partial charge in [0.25, 0.3) is 0 Å². The van der Waals surface area contributed by atoms with Crippen LogP contribution in [0.3, 0.4) is 0 Å². The van der Waals surface area contributed by atoms with Crippen LogP contribution in [0.1, 0.15) is 20.8 Å². The highest BCUT2D eigenvalue weighted by molar-refractivity contribution is 6.43. The molecule has 4 nitrogen and oxygen atoms in total. The molecular formula is C14H18ClNO3. The standard InChI is InChI=1S/C14H18ClNO3/c1-14(2,3)12(17)11(15)13(18)16-9-7-5-6-8-10(9)19-4/h5-8,11H,1-4H3,(H,16,18). The maximum absolute atomic E-state index is 11.9. The summed E-state index contributed by atoms with van der Waals surface area (Å²) in [6.07, 6.45) is 0. The SMILES string of the molecule is COc1ccccc1NC(=O)C(Cl)C(=O)C(C)(C)C. The van der Waals surface area contributed by atoms with Gasteiger partial charge in [0, 0.05) is 5.41 Å². The number of methoxy groups -OCH3 is 1. The topological polar surface area (TPSA) is 55.4 Å². The van der Waals surface area contributed by atoms with Crippen LogP contribution in [0.5, 0.6) is 5.75 Å². The molecule has 1 unspecified atom stereocenters. The van der Waals surface area contributed by atoms with Crippen molar-refractivity contribution in [1.82, 2.24) is 0 Å². The third kappa shape index (κ3) is 3.96. The van der Waals surface area contributed by atoms with E-state index in [2.05, 4.69) is 5.32 Å². The van der Waals surface area contributed by atoms with Gasteiger partial charge in [-0.2, -0.15) is 0 Å². The fourth-order valence-electron chi connectivity index (χ4n) is 1.44. The summed E-state index contributed by atoms with van der Waals surface area (Å²) in [6.45, 7) is 5.17. The number of halogens is 1. The smallest absolute Gasteiger partial charge is 0.250 e. The first-order valence-corrected chi connectivity index (χ1v) is 6.33. The largest absolute Gasteiger partial charge is 0.495 e. The molecule has 0 heterocycles. The van der Waals surface area contributed by atoms with Crippen molar-refractivity contribution in [3.63, 3.8) is 0 Å². The van der Waals surface area contributed by atoms with Crippen molar-refractivity contribution in [2.45, 2.75) is 26.1 Å². The molecule has 1 rings (SSSR count). The fourth-order valence-corrected chi connectivity index (χ4v) is 1.83. The maximum Gasteiger partial charge on any atom is 0.250 e. The van der Waals surface area contributed by atoms with Gasteiger partial charge in [0.1, 0.15) is 5.75 Å². The van der Waals surface area contributed by atoms with E-state index >= 15 is 0 Å². The summed E-state index contributed by atoms with van der Waals surface area (Å²) in [5.41, 5.74) is -0.174. The Morgan fingerprint density at radius 1 is 1.26 bits per heavy atom. The molecule has 5 heteroatoms. The molecule has 0 saturated carbocycles. The van der Waals surface area contributed by atoms with E-state index in [0.29, 0.717) is 11.4 Å². The number of benzene rings is 1. The van der Waals surface area contributed by atoms with Gasteiger partial charge < -0.3 is 10.1 Å². The maximum atomic E-state index is 11.9. The Kier molecular flexibility index (Phi) is 4.95. The van der Waals surface area contributed by atoms with E-state index < -0.39 is 16.7 Å². The molecule has 0 aliphatic rings. The van der Waals surface area contributed by atoms with Gasteiger partial charge in [-0.05, 0) is 12.1 Å². The lowest BCUT2D eigenvalue weighted by Crippen LogP contribution is -2.37. The van der Waals surface area contributed by atoms with E-state index in [1.807, 2.05) is 0 Å². The second-order valence-electron chi connectivity index (χ2n) is 5.17. The number of ketones is 1. The number of carbonyl (C=O) groups is 2. The number of hydrogen-bond acceptors (Lipinski definition) is 3. The molecule has 0 aliphatic carbocycles. The summed E-state index contributed by atoms with van der Waals surface area (Å²) >= 11 is 5.91. The van der Waals surface area contributed by atoms with Gasteiger partial charge in [0.2, 0.25) is 5.91 Å². The summed E-state index contributed by atoms with van der Waals surface area (Å²) in [5, 5.41) is 1.38. The number of carbonyl (C=O) groups excluding carboxylic acids is 2. The normalized spacial score (nSPS) is 12.7. The van der Waals surface area contributed by atoms with E-state index in [-0.39, 0.29) is 5.78 Å². The first-order chi connectivity index (χ1) is 8.77. The van der Waals surface area contributed by atoms with E-state index in [1.54, 1.807) is 45.0 Å². The number of hydrogen-bond donors (Lipinski definition) is 1. The van der Waals surface area contributed by atoms with Gasteiger partial charge in [-0.3, -0.25) is 9.59 Å². The predicted molar refractivity (Wildman–Crippen MR) is 75.7 cm³/mol. The van der Waals surface area contributed by atoms with Crippen molar-refractivity contribution in [2.75, 3.05) is 12.4 Å². The molecule has 1 atom stereocenters. The Balaban J connectivity index is 2.83. The van der Waals surface area contributed by atoms with Crippen molar-refractivity contribution < 1.29 is 14.3 Å². The first kappa shape index (κ1) is 15.5. The number of nitrogens with one attached hydrogen (secondary N) is 1. The summed E-state index contributed by atoms with van der Waals surface area (Å²) in [5.74, 6) is -0.351. The average Bonchev–Trinajstić information content (AvgIpc) is 2.36. The number of para-hydroxylation sites is 2. The minimum absolute atomic E-state index is 0.318. The molecule has 1 N–H and O–H groups in total. The number of alkyl halides is 1. The Morgan fingerprint density at radius 3 is 2.37 bits per heavy atom. The van der Waals surface area contributed by atoms with Crippen LogP contribution in [0.25, 0.3) is 0 Å². The number of ether oxygens (including phenoxy) is 1. The van der Waals surface area contributed by atoms with Crippen LogP contribution in [-0.4, -0.2) is 24.2 Å². The second-order valence-corrected chi connectivity index (χ2v) is 5.60. The van der Waals surface area contributed by atoms with Crippen molar-refractivity contribution in [2.24, 2.45) is 5.41 Å². The molecule has 0 fully saturated rings.